The summed E-state index contributed by atoms with van der Waals surface area (Å²) in [7, 11) is 0. The van der Waals surface area contributed by atoms with Crippen LogP contribution in [0.3, 0.4) is 0 Å². The van der Waals surface area contributed by atoms with Crippen molar-refractivity contribution in [1.29, 1.82) is 0 Å². The van der Waals surface area contributed by atoms with Gasteiger partial charge in [-0.2, -0.15) is 0 Å². The third kappa shape index (κ3) is 9.58. The zero-order valence-corrected chi connectivity index (χ0v) is 30.0. The van der Waals surface area contributed by atoms with Crippen LogP contribution in [-0.2, 0) is 34.0 Å². The number of nitrogens with zero attached hydrogens (tertiary/aromatic N) is 5. The van der Waals surface area contributed by atoms with Gasteiger partial charge in [0.15, 0.2) is 5.96 Å². The van der Waals surface area contributed by atoms with Gasteiger partial charge in [0, 0.05) is 78.6 Å². The van der Waals surface area contributed by atoms with Crippen LogP contribution < -0.4 is 0 Å². The standard InChI is InChI=1S/C37H55N5O2.Co/c1-26-19-27(13-10-15-41-17-12-18-42-16-11-14-39-34(41)42)32(43)28(20-26)23-38-25-37(8,9)40-24-29-21-30(35(2,3)4)22-31(33(29)44)36(5,6)7;/h19-24,43-44H,10-18,25H2,1-9H3;. The molecule has 8 heteroatoms. The summed E-state index contributed by atoms with van der Waals surface area (Å²) in [6.45, 7) is 24.7. The fourth-order valence-corrected chi connectivity index (χ4v) is 5.96. The minimum atomic E-state index is -0.491. The number of guanidine groups is 1. The molecule has 1 saturated heterocycles. The average molecular weight is 661 g/mol. The topological polar surface area (TPSA) is 84.0 Å². The quantitative estimate of drug-likeness (QED) is 0.284. The monoisotopic (exact) mass is 660 g/mol. The largest absolute Gasteiger partial charge is 0.507 e. The molecule has 4 rings (SSSR count). The van der Waals surface area contributed by atoms with E-state index in [0.717, 1.165) is 79.8 Å². The first kappa shape index (κ1) is 36.6. The van der Waals surface area contributed by atoms with E-state index in [2.05, 4.69) is 70.4 Å². The molecule has 2 aliphatic heterocycles. The Morgan fingerprint density at radius 3 is 2.22 bits per heavy atom. The molecule has 0 saturated carbocycles. The molecule has 0 bridgehead atoms. The summed E-state index contributed by atoms with van der Waals surface area (Å²) in [5.41, 5.74) is 4.91. The number of hydrogen-bond donors (Lipinski definition) is 2. The number of phenols is 2. The molecule has 45 heavy (non-hydrogen) atoms. The third-order valence-corrected chi connectivity index (χ3v) is 8.57. The number of hydrogen-bond acceptors (Lipinski definition) is 7. The van der Waals surface area contributed by atoms with E-state index in [1.165, 1.54) is 17.9 Å². The number of benzene rings is 2. The summed E-state index contributed by atoms with van der Waals surface area (Å²) in [6, 6.07) is 8.24. The van der Waals surface area contributed by atoms with Crippen LogP contribution in [0.5, 0.6) is 11.5 Å². The number of phenolic OH excluding ortho intramolecular Hbond substituents is 2. The van der Waals surface area contributed by atoms with Crippen molar-refractivity contribution in [3.05, 3.63) is 57.6 Å². The van der Waals surface area contributed by atoms with Crippen molar-refractivity contribution < 1.29 is 27.0 Å². The maximum Gasteiger partial charge on any atom is 0.196 e. The Bertz CT molecular complexity index is 1420. The number of aryl methyl sites for hydroxylation is 2. The summed E-state index contributed by atoms with van der Waals surface area (Å²) in [4.78, 5) is 19.2. The van der Waals surface area contributed by atoms with E-state index in [-0.39, 0.29) is 33.4 Å². The molecule has 0 spiro atoms. The second-order valence-corrected chi connectivity index (χ2v) is 15.3. The van der Waals surface area contributed by atoms with Gasteiger partial charge in [-0.3, -0.25) is 15.0 Å². The van der Waals surface area contributed by atoms with E-state index in [9.17, 15) is 10.2 Å². The molecular weight excluding hydrogens is 605 g/mol. The molecule has 2 aromatic rings. The molecule has 2 aliphatic rings. The minimum Gasteiger partial charge on any atom is -0.507 e. The molecule has 2 heterocycles. The Kier molecular flexibility index (Phi) is 12.0. The molecule has 7 nitrogen and oxygen atoms in total. The van der Waals surface area contributed by atoms with Crippen LogP contribution in [0, 0.1) is 6.92 Å². The first-order valence-corrected chi connectivity index (χ1v) is 16.3. The molecule has 0 unspecified atom stereocenters. The SMILES string of the molecule is Cc1cc(C=NCC(C)(C)N=Cc2cc(C(C)(C)C)cc(C(C)(C)C)c2O)c(O)c(CCCN2CCCN3CCCN=C32)c1.[Co]. The molecule has 249 valence electrons. The van der Waals surface area contributed by atoms with E-state index in [1.807, 2.05) is 26.0 Å². The van der Waals surface area contributed by atoms with E-state index in [1.54, 1.807) is 12.4 Å². The van der Waals surface area contributed by atoms with Crippen molar-refractivity contribution in [3.8, 4) is 11.5 Å². The first-order chi connectivity index (χ1) is 20.5. The van der Waals surface area contributed by atoms with Crippen LogP contribution >= 0.6 is 0 Å². The van der Waals surface area contributed by atoms with Crippen molar-refractivity contribution in [2.24, 2.45) is 15.0 Å². The molecule has 2 aromatic carbocycles. The summed E-state index contributed by atoms with van der Waals surface area (Å²) in [5.74, 6) is 1.77. The number of aromatic hydroxyl groups is 2. The molecule has 0 atom stereocenters. The normalized spacial score (nSPS) is 16.2. The van der Waals surface area contributed by atoms with Crippen molar-refractivity contribution in [3.63, 3.8) is 0 Å². The Hall–Kier alpha value is -2.84. The summed E-state index contributed by atoms with van der Waals surface area (Å²) in [5, 5.41) is 22.3. The Morgan fingerprint density at radius 2 is 1.53 bits per heavy atom. The number of aliphatic imine (C=N–C) groups is 3. The second-order valence-electron chi connectivity index (χ2n) is 15.3. The van der Waals surface area contributed by atoms with Crippen LogP contribution in [-0.4, -0.2) is 83.2 Å². The van der Waals surface area contributed by atoms with Gasteiger partial charge in [0.2, 0.25) is 0 Å². The summed E-state index contributed by atoms with van der Waals surface area (Å²) >= 11 is 0. The molecule has 0 aliphatic carbocycles. The van der Waals surface area contributed by atoms with Gasteiger partial charge in [0.25, 0.3) is 0 Å². The molecule has 1 fully saturated rings. The smallest absolute Gasteiger partial charge is 0.196 e. The number of fused-ring (bicyclic) bond motifs is 1. The fraction of sp³-hybridized carbons (Fsp3) is 0.595. The predicted octanol–water partition coefficient (Wildman–Crippen LogP) is 7.02. The van der Waals surface area contributed by atoms with Gasteiger partial charge in [0.1, 0.15) is 11.5 Å². The van der Waals surface area contributed by atoms with Crippen molar-refractivity contribution in [1.82, 2.24) is 9.80 Å². The van der Waals surface area contributed by atoms with Crippen LogP contribution in [0.25, 0.3) is 0 Å². The van der Waals surface area contributed by atoms with Crippen LogP contribution in [0.4, 0.5) is 0 Å². The summed E-state index contributed by atoms with van der Waals surface area (Å²) in [6.07, 6.45) is 7.66. The maximum atomic E-state index is 11.1. The third-order valence-electron chi connectivity index (χ3n) is 8.57. The van der Waals surface area contributed by atoms with Gasteiger partial charge in [-0.1, -0.05) is 53.7 Å². The fourth-order valence-electron chi connectivity index (χ4n) is 5.96. The van der Waals surface area contributed by atoms with Gasteiger partial charge in [-0.25, -0.2) is 0 Å². The zero-order valence-electron chi connectivity index (χ0n) is 29.0. The van der Waals surface area contributed by atoms with E-state index in [4.69, 9.17) is 15.0 Å². The van der Waals surface area contributed by atoms with Crippen molar-refractivity contribution >= 4 is 18.4 Å². The molecule has 0 aromatic heterocycles. The Labute approximate surface area is 282 Å². The minimum absolute atomic E-state index is 0. The average Bonchev–Trinajstić information content (AvgIpc) is 2.93. The van der Waals surface area contributed by atoms with E-state index >= 15 is 0 Å². The molecule has 1 radical (unpaired) electrons. The van der Waals surface area contributed by atoms with Crippen molar-refractivity contribution in [2.45, 2.75) is 104 Å². The van der Waals surface area contributed by atoms with E-state index in [0.29, 0.717) is 12.3 Å². The number of rotatable bonds is 9. The molecular formula is C37H55CoN5O2. The van der Waals surface area contributed by atoms with Gasteiger partial charge in [-0.05, 0) is 86.1 Å². The second kappa shape index (κ2) is 14.7. The van der Waals surface area contributed by atoms with Crippen LogP contribution in [0.1, 0.15) is 108 Å². The first-order valence-electron chi connectivity index (χ1n) is 16.3. The Balaban J connectivity index is 0.00000552. The Morgan fingerprint density at radius 1 is 0.844 bits per heavy atom. The van der Waals surface area contributed by atoms with Crippen molar-refractivity contribution in [2.75, 3.05) is 39.3 Å². The zero-order chi connectivity index (χ0) is 32.3. The predicted molar refractivity (Wildman–Crippen MR) is 185 cm³/mol. The van der Waals surface area contributed by atoms with Gasteiger partial charge < -0.3 is 20.0 Å². The van der Waals surface area contributed by atoms with Gasteiger partial charge >= 0.3 is 0 Å². The van der Waals surface area contributed by atoms with Crippen LogP contribution in [0.15, 0.2) is 39.2 Å². The summed E-state index contributed by atoms with van der Waals surface area (Å²) < 4.78 is 0. The van der Waals surface area contributed by atoms with Gasteiger partial charge in [-0.15, -0.1) is 0 Å². The van der Waals surface area contributed by atoms with Crippen LogP contribution in [0.2, 0.25) is 0 Å². The van der Waals surface area contributed by atoms with E-state index < -0.39 is 5.54 Å². The van der Waals surface area contributed by atoms with Gasteiger partial charge in [0.05, 0.1) is 12.1 Å². The molecule has 0 amide bonds. The molecule has 2 N–H and O–H groups in total. The maximum absolute atomic E-state index is 11.1.